The minimum absolute atomic E-state index is 0.150. The molecule has 1 amide bonds. The molecule has 1 aliphatic carbocycles. The number of amides is 1. The van der Waals surface area contributed by atoms with Crippen LogP contribution in [0.4, 0.5) is 5.69 Å². The number of rotatable bonds is 6. The number of carbonyl (C=O) groups excluding carboxylic acids is 1. The van der Waals surface area contributed by atoms with Crippen LogP contribution >= 0.6 is 11.3 Å². The molecule has 2 aromatic heterocycles. The van der Waals surface area contributed by atoms with Gasteiger partial charge in [0.05, 0.1) is 11.4 Å². The Labute approximate surface area is 265 Å². The quantitative estimate of drug-likeness (QED) is 0.251. The second kappa shape index (κ2) is 11.9. The van der Waals surface area contributed by atoms with Crippen molar-refractivity contribution in [2.45, 2.75) is 72.5 Å². The molecule has 0 atom stereocenters. The average molecular weight is 609 g/mol. The number of hydrogen-bond acceptors (Lipinski definition) is 6. The lowest BCUT2D eigenvalue weighted by Gasteiger charge is -2.33. The number of fused-ring (bicyclic) bond motifs is 2. The minimum atomic E-state index is -0.150. The van der Waals surface area contributed by atoms with Gasteiger partial charge in [-0.2, -0.15) is 0 Å². The lowest BCUT2D eigenvalue weighted by molar-refractivity contribution is 0.101. The van der Waals surface area contributed by atoms with Crippen molar-refractivity contribution < 1.29 is 4.79 Å². The van der Waals surface area contributed by atoms with Crippen LogP contribution in [0.2, 0.25) is 0 Å². The molecule has 8 heteroatoms. The molecule has 7 rings (SSSR count). The van der Waals surface area contributed by atoms with E-state index < -0.39 is 0 Å². The Morgan fingerprint density at radius 2 is 1.64 bits per heavy atom. The Morgan fingerprint density at radius 1 is 0.909 bits per heavy atom. The number of carbonyl (C=O) groups is 1. The van der Waals surface area contributed by atoms with Crippen LogP contribution in [-0.2, 0) is 33.1 Å². The van der Waals surface area contributed by atoms with E-state index in [1.807, 2.05) is 35.1 Å². The highest BCUT2D eigenvalue weighted by atomic mass is 32.1. The van der Waals surface area contributed by atoms with Gasteiger partial charge < -0.3 is 9.88 Å². The second-order valence-corrected chi connectivity index (χ2v) is 14.6. The summed E-state index contributed by atoms with van der Waals surface area (Å²) >= 11 is 1.81. The molecule has 0 spiro atoms. The van der Waals surface area contributed by atoms with Crippen molar-refractivity contribution >= 4 is 22.9 Å². The number of thiazole rings is 1. The van der Waals surface area contributed by atoms with Gasteiger partial charge in [-0.15, -0.1) is 11.3 Å². The average Bonchev–Trinajstić information content (AvgIpc) is 3.66. The van der Waals surface area contributed by atoms with E-state index in [0.717, 1.165) is 78.5 Å². The Hall–Kier alpha value is -3.33. The SMILES string of the molecule is Cc1c(NC(=O)c2nc3c(n2C)CCN(CC2CCC(C)CC2)C3)cccc1-c1cccc(-c2nc3c(s2)CN(C)C3)c1C. The van der Waals surface area contributed by atoms with E-state index >= 15 is 0 Å². The first-order chi connectivity index (χ1) is 21.2. The van der Waals surface area contributed by atoms with Gasteiger partial charge in [0.15, 0.2) is 5.82 Å². The van der Waals surface area contributed by atoms with Crippen molar-refractivity contribution in [3.8, 4) is 21.7 Å². The van der Waals surface area contributed by atoms with E-state index in [2.05, 4.69) is 67.2 Å². The molecular formula is C36H44N6OS. The van der Waals surface area contributed by atoms with Gasteiger partial charge in [0, 0.05) is 68.0 Å². The van der Waals surface area contributed by atoms with E-state index in [1.165, 1.54) is 58.6 Å². The summed E-state index contributed by atoms with van der Waals surface area (Å²) in [6.07, 6.45) is 6.34. The second-order valence-electron chi connectivity index (χ2n) is 13.5. The first-order valence-electron chi connectivity index (χ1n) is 16.2. The van der Waals surface area contributed by atoms with E-state index in [4.69, 9.17) is 9.97 Å². The van der Waals surface area contributed by atoms with Crippen LogP contribution in [0.15, 0.2) is 36.4 Å². The van der Waals surface area contributed by atoms with Crippen LogP contribution in [0.3, 0.4) is 0 Å². The van der Waals surface area contributed by atoms with Crippen LogP contribution in [0.25, 0.3) is 21.7 Å². The summed E-state index contributed by atoms with van der Waals surface area (Å²) in [4.78, 5) is 29.8. The molecule has 0 unspecified atom stereocenters. The number of nitrogens with one attached hydrogen (secondary N) is 1. The molecule has 1 fully saturated rings. The van der Waals surface area contributed by atoms with Crippen LogP contribution < -0.4 is 5.32 Å². The molecule has 0 bridgehead atoms. The zero-order valence-corrected chi connectivity index (χ0v) is 27.6. The summed E-state index contributed by atoms with van der Waals surface area (Å²) < 4.78 is 2.01. The molecule has 4 aromatic rings. The summed E-state index contributed by atoms with van der Waals surface area (Å²) in [5.74, 6) is 2.01. The van der Waals surface area contributed by atoms with Gasteiger partial charge in [0.25, 0.3) is 5.91 Å². The highest BCUT2D eigenvalue weighted by molar-refractivity contribution is 7.15. The van der Waals surface area contributed by atoms with Crippen molar-refractivity contribution in [3.05, 3.63) is 75.3 Å². The molecule has 3 aliphatic rings. The summed E-state index contributed by atoms with van der Waals surface area (Å²) in [5.41, 5.74) is 10.0. The number of benzene rings is 2. The third-order valence-electron chi connectivity index (χ3n) is 10.2. The molecule has 2 aromatic carbocycles. The van der Waals surface area contributed by atoms with Crippen molar-refractivity contribution in [2.24, 2.45) is 18.9 Å². The first kappa shape index (κ1) is 29.4. The maximum Gasteiger partial charge on any atom is 0.291 e. The first-order valence-corrected chi connectivity index (χ1v) is 17.0. The van der Waals surface area contributed by atoms with Gasteiger partial charge in [-0.05, 0) is 73.9 Å². The Morgan fingerprint density at radius 3 is 2.41 bits per heavy atom. The summed E-state index contributed by atoms with van der Waals surface area (Å²) in [7, 11) is 4.13. The fourth-order valence-corrected chi connectivity index (χ4v) is 8.75. The minimum Gasteiger partial charge on any atom is -0.327 e. The molecule has 230 valence electrons. The Balaban J connectivity index is 1.09. The highest BCUT2D eigenvalue weighted by Gasteiger charge is 2.28. The van der Waals surface area contributed by atoms with Crippen LogP contribution in [-0.4, -0.2) is 50.4 Å². The summed E-state index contributed by atoms with van der Waals surface area (Å²) in [6, 6.07) is 12.6. The fraction of sp³-hybridized carbons (Fsp3) is 0.472. The van der Waals surface area contributed by atoms with Crippen LogP contribution in [0, 0.1) is 25.7 Å². The van der Waals surface area contributed by atoms with Gasteiger partial charge in [0.1, 0.15) is 5.01 Å². The molecule has 7 nitrogen and oxygen atoms in total. The molecular weight excluding hydrogens is 565 g/mol. The van der Waals surface area contributed by atoms with Gasteiger partial charge in [-0.25, -0.2) is 9.97 Å². The van der Waals surface area contributed by atoms with Crippen LogP contribution in [0.1, 0.15) is 76.3 Å². The third kappa shape index (κ3) is 5.52. The highest BCUT2D eigenvalue weighted by Crippen LogP contribution is 2.39. The van der Waals surface area contributed by atoms with Gasteiger partial charge in [-0.1, -0.05) is 50.1 Å². The normalized spacial score (nSPS) is 20.5. The molecule has 44 heavy (non-hydrogen) atoms. The third-order valence-corrected chi connectivity index (χ3v) is 11.4. The maximum absolute atomic E-state index is 13.7. The molecule has 4 heterocycles. The molecule has 1 saturated carbocycles. The number of aromatic nitrogens is 3. The zero-order chi connectivity index (χ0) is 30.5. The number of nitrogens with zero attached hydrogens (tertiary/aromatic N) is 5. The fourth-order valence-electron chi connectivity index (χ4n) is 7.52. The van der Waals surface area contributed by atoms with Crippen molar-refractivity contribution in [1.29, 1.82) is 0 Å². The molecule has 2 aliphatic heterocycles. The van der Waals surface area contributed by atoms with E-state index in [9.17, 15) is 4.79 Å². The predicted molar refractivity (Wildman–Crippen MR) is 179 cm³/mol. The predicted octanol–water partition coefficient (Wildman–Crippen LogP) is 7.21. The smallest absolute Gasteiger partial charge is 0.291 e. The van der Waals surface area contributed by atoms with E-state index in [1.54, 1.807) is 0 Å². The van der Waals surface area contributed by atoms with Gasteiger partial charge in [0.2, 0.25) is 0 Å². The Kier molecular flexibility index (Phi) is 7.93. The van der Waals surface area contributed by atoms with Crippen molar-refractivity contribution in [2.75, 3.05) is 25.5 Å². The van der Waals surface area contributed by atoms with Gasteiger partial charge in [-0.3, -0.25) is 14.6 Å². The van der Waals surface area contributed by atoms with Gasteiger partial charge >= 0.3 is 0 Å². The number of hydrogen-bond donors (Lipinski definition) is 1. The summed E-state index contributed by atoms with van der Waals surface area (Å²) in [5, 5.41) is 4.31. The van der Waals surface area contributed by atoms with Crippen molar-refractivity contribution in [1.82, 2.24) is 24.3 Å². The molecule has 1 N–H and O–H groups in total. The van der Waals surface area contributed by atoms with Crippen molar-refractivity contribution in [3.63, 3.8) is 0 Å². The molecule has 0 radical (unpaired) electrons. The maximum atomic E-state index is 13.7. The number of imidazole rings is 1. The van der Waals surface area contributed by atoms with Crippen LogP contribution in [0.5, 0.6) is 0 Å². The standard InChI is InChI=1S/C36H44N6OS/c1-22-12-14-25(15-13-22)18-42-17-16-32-30(20-42)37-34(41(32)5)35(43)38-29-11-7-9-27(24(29)3)26-8-6-10-28(23(26)2)36-39-31-19-40(4)21-33(31)44-36/h6-11,22,25H,12-21H2,1-5H3,(H,38,43). The zero-order valence-electron chi connectivity index (χ0n) is 26.7. The Bertz CT molecular complexity index is 1690. The largest absolute Gasteiger partial charge is 0.327 e. The topological polar surface area (TPSA) is 66.3 Å². The summed E-state index contributed by atoms with van der Waals surface area (Å²) in [6.45, 7) is 11.6. The lowest BCUT2D eigenvalue weighted by Crippen LogP contribution is -2.36. The lowest BCUT2D eigenvalue weighted by atomic mass is 9.82. The van der Waals surface area contributed by atoms with E-state index in [-0.39, 0.29) is 5.91 Å². The molecule has 0 saturated heterocycles. The monoisotopic (exact) mass is 608 g/mol. The van der Waals surface area contributed by atoms with E-state index in [0.29, 0.717) is 5.82 Å². The number of anilines is 1.